The summed E-state index contributed by atoms with van der Waals surface area (Å²) in [4.78, 5) is 11.7. The summed E-state index contributed by atoms with van der Waals surface area (Å²) in [5, 5.41) is 9.60. The van der Waals surface area contributed by atoms with Gasteiger partial charge in [-0.25, -0.2) is 0 Å². The van der Waals surface area contributed by atoms with E-state index in [-0.39, 0.29) is 0 Å². The lowest BCUT2D eigenvalue weighted by molar-refractivity contribution is -0.148. The molecule has 1 aliphatic carbocycles. The van der Waals surface area contributed by atoms with Crippen molar-refractivity contribution in [2.45, 2.75) is 24.2 Å². The van der Waals surface area contributed by atoms with E-state index in [0.29, 0.717) is 18.8 Å². The first-order valence-corrected chi connectivity index (χ1v) is 6.56. The largest absolute Gasteiger partial charge is 0.481 e. The van der Waals surface area contributed by atoms with Crippen molar-refractivity contribution in [3.05, 3.63) is 71.8 Å². The van der Waals surface area contributed by atoms with Gasteiger partial charge in [0.05, 0.1) is 5.41 Å². The topological polar surface area (TPSA) is 37.3 Å². The minimum absolute atomic E-state index is 0.359. The lowest BCUT2D eigenvalue weighted by atomic mass is 9.57. The first-order chi connectivity index (χ1) is 9.22. The van der Waals surface area contributed by atoms with Gasteiger partial charge in [-0.2, -0.15) is 0 Å². The van der Waals surface area contributed by atoms with E-state index in [1.54, 1.807) is 0 Å². The minimum atomic E-state index is -0.703. The van der Waals surface area contributed by atoms with Crippen LogP contribution in [0.15, 0.2) is 60.7 Å². The Morgan fingerprint density at radius 3 is 2.00 bits per heavy atom. The Morgan fingerprint density at radius 2 is 1.47 bits per heavy atom. The summed E-state index contributed by atoms with van der Waals surface area (Å²) in [5.41, 5.74) is 1.48. The number of hydrogen-bond donors (Lipinski definition) is 1. The zero-order valence-electron chi connectivity index (χ0n) is 10.6. The highest BCUT2D eigenvalue weighted by atomic mass is 16.4. The first kappa shape index (κ1) is 12.0. The molecule has 0 radical (unpaired) electrons. The average Bonchev–Trinajstić information content (AvgIpc) is 2.40. The zero-order chi connectivity index (χ0) is 13.3. The summed E-state index contributed by atoms with van der Waals surface area (Å²) >= 11 is 0. The van der Waals surface area contributed by atoms with Gasteiger partial charge in [0.25, 0.3) is 0 Å². The Labute approximate surface area is 112 Å². The minimum Gasteiger partial charge on any atom is -0.481 e. The third-order valence-electron chi connectivity index (χ3n) is 4.20. The van der Waals surface area contributed by atoms with E-state index < -0.39 is 11.4 Å². The van der Waals surface area contributed by atoms with Crippen molar-refractivity contribution < 1.29 is 9.90 Å². The first-order valence-electron chi connectivity index (χ1n) is 6.56. The van der Waals surface area contributed by atoms with Gasteiger partial charge in [-0.3, -0.25) is 4.79 Å². The molecule has 0 unspecified atom stereocenters. The normalized spacial score (nSPS) is 25.6. The summed E-state index contributed by atoms with van der Waals surface area (Å²) in [6, 6.07) is 19.8. The molecule has 1 saturated carbocycles. The molecule has 0 saturated heterocycles. The molecule has 2 nitrogen and oxygen atoms in total. The second-order valence-corrected chi connectivity index (χ2v) is 5.27. The van der Waals surface area contributed by atoms with Crippen LogP contribution in [-0.2, 0) is 10.2 Å². The number of carboxylic acid groups (broad SMARTS) is 1. The molecule has 2 aromatic rings. The summed E-state index contributed by atoms with van der Waals surface area (Å²) in [5.74, 6) is -0.344. The third kappa shape index (κ3) is 1.93. The fourth-order valence-electron chi connectivity index (χ4n) is 3.03. The average molecular weight is 252 g/mol. The molecule has 0 bridgehead atoms. The number of rotatable bonds is 3. The number of hydrogen-bond acceptors (Lipinski definition) is 1. The van der Waals surface area contributed by atoms with Gasteiger partial charge < -0.3 is 5.11 Å². The van der Waals surface area contributed by atoms with Crippen molar-refractivity contribution in [1.29, 1.82) is 0 Å². The third-order valence-corrected chi connectivity index (χ3v) is 4.20. The van der Waals surface area contributed by atoms with Gasteiger partial charge in [0.1, 0.15) is 0 Å². The number of aliphatic carboxylic acids is 1. The smallest absolute Gasteiger partial charge is 0.314 e. The van der Waals surface area contributed by atoms with E-state index in [1.807, 2.05) is 48.5 Å². The second-order valence-electron chi connectivity index (χ2n) is 5.27. The molecule has 0 heterocycles. The molecule has 96 valence electrons. The molecule has 1 fully saturated rings. The molecule has 1 aliphatic rings. The van der Waals surface area contributed by atoms with Crippen molar-refractivity contribution >= 4 is 5.97 Å². The van der Waals surface area contributed by atoms with E-state index in [2.05, 4.69) is 12.1 Å². The van der Waals surface area contributed by atoms with Crippen LogP contribution in [-0.4, -0.2) is 11.1 Å². The summed E-state index contributed by atoms with van der Waals surface area (Å²) in [6.07, 6.45) is 1.38. The van der Waals surface area contributed by atoms with Gasteiger partial charge in [-0.05, 0) is 29.9 Å². The predicted octanol–water partition coefficient (Wildman–Crippen LogP) is 3.59. The fraction of sp³-hybridized carbons (Fsp3) is 0.235. The Bertz CT molecular complexity index is 569. The van der Waals surface area contributed by atoms with Crippen LogP contribution in [0.5, 0.6) is 0 Å². The maximum Gasteiger partial charge on any atom is 0.314 e. The molecule has 0 spiro atoms. The molecular formula is C17H16O2. The van der Waals surface area contributed by atoms with Crippen LogP contribution in [0.1, 0.15) is 29.9 Å². The SMILES string of the molecule is O=C(O)C1(c2ccccc2)CC(c2ccccc2)C1. The predicted molar refractivity (Wildman–Crippen MR) is 74.2 cm³/mol. The molecular weight excluding hydrogens is 236 g/mol. The van der Waals surface area contributed by atoms with Gasteiger partial charge in [0, 0.05) is 0 Å². The lowest BCUT2D eigenvalue weighted by Crippen LogP contribution is -2.46. The maximum absolute atomic E-state index is 11.7. The molecule has 2 aromatic carbocycles. The van der Waals surface area contributed by atoms with Crippen LogP contribution >= 0.6 is 0 Å². The molecule has 0 aliphatic heterocycles. The van der Waals surface area contributed by atoms with Crippen molar-refractivity contribution in [2.75, 3.05) is 0 Å². The quantitative estimate of drug-likeness (QED) is 0.906. The molecule has 0 atom stereocenters. The van der Waals surface area contributed by atoms with Crippen molar-refractivity contribution in [3.63, 3.8) is 0 Å². The van der Waals surface area contributed by atoms with E-state index in [9.17, 15) is 9.90 Å². The fourth-order valence-corrected chi connectivity index (χ4v) is 3.03. The second kappa shape index (κ2) is 4.54. The monoisotopic (exact) mass is 252 g/mol. The molecule has 1 N–H and O–H groups in total. The lowest BCUT2D eigenvalue weighted by Gasteiger charge is -2.45. The number of benzene rings is 2. The van der Waals surface area contributed by atoms with Crippen LogP contribution in [0.3, 0.4) is 0 Å². The van der Waals surface area contributed by atoms with Gasteiger partial charge in [0.2, 0.25) is 0 Å². The van der Waals surface area contributed by atoms with Gasteiger partial charge in [0.15, 0.2) is 0 Å². The Kier molecular flexibility index (Phi) is 2.86. The zero-order valence-corrected chi connectivity index (χ0v) is 10.6. The summed E-state index contributed by atoms with van der Waals surface area (Å²) < 4.78 is 0. The highest BCUT2D eigenvalue weighted by Crippen LogP contribution is 2.52. The van der Waals surface area contributed by atoms with Crippen molar-refractivity contribution in [2.24, 2.45) is 0 Å². The van der Waals surface area contributed by atoms with Crippen molar-refractivity contribution in [1.82, 2.24) is 0 Å². The highest BCUT2D eigenvalue weighted by Gasteiger charge is 2.51. The van der Waals surface area contributed by atoms with E-state index >= 15 is 0 Å². The molecule has 2 heteroatoms. The number of carboxylic acids is 1. The van der Waals surface area contributed by atoms with E-state index in [1.165, 1.54) is 5.56 Å². The molecule has 3 rings (SSSR count). The number of carbonyl (C=O) groups is 1. The van der Waals surface area contributed by atoms with E-state index in [0.717, 1.165) is 5.56 Å². The van der Waals surface area contributed by atoms with Crippen LogP contribution in [0.4, 0.5) is 0 Å². The van der Waals surface area contributed by atoms with Crippen LogP contribution in [0, 0.1) is 0 Å². The van der Waals surface area contributed by atoms with Crippen molar-refractivity contribution in [3.8, 4) is 0 Å². The Balaban J connectivity index is 1.87. The summed E-state index contributed by atoms with van der Waals surface area (Å²) in [6.45, 7) is 0. The van der Waals surface area contributed by atoms with E-state index in [4.69, 9.17) is 0 Å². The summed E-state index contributed by atoms with van der Waals surface area (Å²) in [7, 11) is 0. The molecule has 0 amide bonds. The van der Waals surface area contributed by atoms with Gasteiger partial charge in [-0.15, -0.1) is 0 Å². The van der Waals surface area contributed by atoms with Crippen LogP contribution in [0.2, 0.25) is 0 Å². The van der Waals surface area contributed by atoms with Crippen LogP contribution < -0.4 is 0 Å². The molecule has 0 aromatic heterocycles. The van der Waals surface area contributed by atoms with Crippen LogP contribution in [0.25, 0.3) is 0 Å². The standard InChI is InChI=1S/C17H16O2/c18-16(19)17(15-9-5-2-6-10-15)11-14(12-17)13-7-3-1-4-8-13/h1-10,14H,11-12H2,(H,18,19). The maximum atomic E-state index is 11.7. The van der Waals surface area contributed by atoms with Gasteiger partial charge >= 0.3 is 5.97 Å². The Hall–Kier alpha value is -2.09. The van der Waals surface area contributed by atoms with Gasteiger partial charge in [-0.1, -0.05) is 60.7 Å². The molecule has 19 heavy (non-hydrogen) atoms. The Morgan fingerprint density at radius 1 is 0.947 bits per heavy atom. The highest BCUT2D eigenvalue weighted by molar-refractivity contribution is 5.83.